The van der Waals surface area contributed by atoms with E-state index < -0.39 is 5.82 Å². The van der Waals surface area contributed by atoms with Crippen molar-refractivity contribution in [2.24, 2.45) is 5.92 Å². The van der Waals surface area contributed by atoms with Gasteiger partial charge in [0.15, 0.2) is 5.13 Å². The SMILES string of the molecule is CSc1cnc(NC[C@H](C)CNc2nc3cc(F)c(C(=O)N4CCNCC4)cc3s2)nc1. The van der Waals surface area contributed by atoms with Gasteiger partial charge in [-0.15, -0.1) is 11.8 Å². The number of nitrogens with zero attached hydrogens (tertiary/aromatic N) is 4. The van der Waals surface area contributed by atoms with Crippen molar-refractivity contribution in [3.05, 3.63) is 35.9 Å². The molecule has 0 unspecified atom stereocenters. The molecule has 1 saturated heterocycles. The van der Waals surface area contributed by atoms with Crippen molar-refractivity contribution in [3.8, 4) is 0 Å². The highest BCUT2D eigenvalue weighted by Gasteiger charge is 2.22. The summed E-state index contributed by atoms with van der Waals surface area (Å²) >= 11 is 3.03. The average molecular weight is 476 g/mol. The lowest BCUT2D eigenvalue weighted by Gasteiger charge is -2.27. The molecule has 4 rings (SSSR count). The Morgan fingerprint density at radius 3 is 2.69 bits per heavy atom. The molecule has 3 aromatic rings. The first kappa shape index (κ1) is 22.7. The molecule has 0 saturated carbocycles. The maximum atomic E-state index is 14.6. The van der Waals surface area contributed by atoms with Crippen molar-refractivity contribution >= 4 is 50.3 Å². The fourth-order valence-corrected chi connectivity index (χ4v) is 4.55. The Morgan fingerprint density at radius 1 is 1.25 bits per heavy atom. The van der Waals surface area contributed by atoms with Crippen molar-refractivity contribution in [3.63, 3.8) is 0 Å². The summed E-state index contributed by atoms with van der Waals surface area (Å²) in [5.41, 5.74) is 0.666. The van der Waals surface area contributed by atoms with Crippen LogP contribution in [0.3, 0.4) is 0 Å². The molecule has 1 aromatic carbocycles. The third kappa shape index (κ3) is 5.45. The Labute approximate surface area is 194 Å². The van der Waals surface area contributed by atoms with Crippen LogP contribution < -0.4 is 16.0 Å². The van der Waals surface area contributed by atoms with Crippen LogP contribution in [0.15, 0.2) is 29.4 Å². The topological polar surface area (TPSA) is 95.1 Å². The second kappa shape index (κ2) is 10.4. The standard InChI is InChI=1S/C21H26FN7OS2/c1-13(9-24-20-25-11-14(31-2)12-26-20)10-27-21-28-17-8-16(22)15(7-18(17)32-21)19(30)29-5-3-23-4-6-29/h7-8,11-13,23H,3-6,9-10H2,1-2H3,(H,27,28)(H,24,25,26)/t13-/m0/s1. The molecule has 0 aliphatic carbocycles. The number of aromatic nitrogens is 3. The van der Waals surface area contributed by atoms with Gasteiger partial charge in [0.1, 0.15) is 5.82 Å². The Hall–Kier alpha value is -2.50. The number of rotatable bonds is 8. The summed E-state index contributed by atoms with van der Waals surface area (Å²) in [6.07, 6.45) is 5.58. The van der Waals surface area contributed by atoms with E-state index in [1.807, 2.05) is 6.26 Å². The summed E-state index contributed by atoms with van der Waals surface area (Å²) in [5, 5.41) is 10.5. The molecule has 0 bridgehead atoms. The van der Waals surface area contributed by atoms with Crippen LogP contribution in [-0.4, -0.2) is 71.3 Å². The first-order valence-electron chi connectivity index (χ1n) is 10.5. The van der Waals surface area contributed by atoms with Gasteiger partial charge in [-0.25, -0.2) is 19.3 Å². The van der Waals surface area contributed by atoms with Crippen molar-refractivity contribution in [1.29, 1.82) is 0 Å². The number of carbonyl (C=O) groups is 1. The molecule has 2 aromatic heterocycles. The van der Waals surface area contributed by atoms with Gasteiger partial charge in [0, 0.05) is 62.6 Å². The number of fused-ring (bicyclic) bond motifs is 1. The molecule has 8 nitrogen and oxygen atoms in total. The molecule has 3 N–H and O–H groups in total. The summed E-state index contributed by atoms with van der Waals surface area (Å²) in [5.74, 6) is 0.100. The fraction of sp³-hybridized carbons (Fsp3) is 0.429. The molecule has 1 amide bonds. The van der Waals surface area contributed by atoms with Gasteiger partial charge in [-0.3, -0.25) is 4.79 Å². The van der Waals surface area contributed by atoms with Gasteiger partial charge in [0.05, 0.1) is 15.8 Å². The van der Waals surface area contributed by atoms with Gasteiger partial charge < -0.3 is 20.9 Å². The number of amides is 1. The van der Waals surface area contributed by atoms with E-state index >= 15 is 0 Å². The maximum Gasteiger partial charge on any atom is 0.256 e. The van der Waals surface area contributed by atoms with Crippen molar-refractivity contribution in [2.75, 3.05) is 56.2 Å². The maximum absolute atomic E-state index is 14.6. The van der Waals surface area contributed by atoms with Crippen LogP contribution in [0.1, 0.15) is 17.3 Å². The summed E-state index contributed by atoms with van der Waals surface area (Å²) in [6, 6.07) is 2.98. The minimum Gasteiger partial charge on any atom is -0.361 e. The van der Waals surface area contributed by atoms with Crippen molar-refractivity contribution in [2.45, 2.75) is 11.8 Å². The van der Waals surface area contributed by atoms with Gasteiger partial charge in [0.2, 0.25) is 5.95 Å². The lowest BCUT2D eigenvalue weighted by atomic mass is 10.1. The number of anilines is 2. The number of nitrogens with one attached hydrogen (secondary N) is 3. The highest BCUT2D eigenvalue weighted by atomic mass is 32.2. The molecule has 1 atom stereocenters. The van der Waals surface area contributed by atoms with Crippen LogP contribution in [0.25, 0.3) is 10.2 Å². The Kier molecular flexibility index (Phi) is 7.38. The molecular formula is C21H26FN7OS2. The van der Waals surface area contributed by atoms with Crippen LogP contribution >= 0.6 is 23.1 Å². The van der Waals surface area contributed by atoms with Gasteiger partial charge in [-0.05, 0) is 18.2 Å². The smallest absolute Gasteiger partial charge is 0.256 e. The van der Waals surface area contributed by atoms with E-state index in [0.29, 0.717) is 42.8 Å². The lowest BCUT2D eigenvalue weighted by Crippen LogP contribution is -2.46. The zero-order chi connectivity index (χ0) is 22.5. The number of carbonyl (C=O) groups excluding carboxylic acids is 1. The van der Waals surface area contributed by atoms with Crippen LogP contribution in [0.2, 0.25) is 0 Å². The number of piperazine rings is 1. The fourth-order valence-electron chi connectivity index (χ4n) is 3.34. The zero-order valence-electron chi connectivity index (χ0n) is 18.0. The molecular weight excluding hydrogens is 449 g/mol. The Morgan fingerprint density at radius 2 is 1.97 bits per heavy atom. The van der Waals surface area contributed by atoms with E-state index in [0.717, 1.165) is 22.7 Å². The third-order valence-electron chi connectivity index (χ3n) is 5.19. The molecule has 3 heterocycles. The van der Waals surface area contributed by atoms with Gasteiger partial charge in [0.25, 0.3) is 5.91 Å². The van der Waals surface area contributed by atoms with Crippen LogP contribution in [0.4, 0.5) is 15.5 Å². The molecule has 1 aliphatic rings. The molecule has 1 fully saturated rings. The minimum absolute atomic E-state index is 0.111. The number of thiazole rings is 1. The molecule has 1 aliphatic heterocycles. The number of halogens is 1. The predicted octanol–water partition coefficient (Wildman–Crippen LogP) is 3.15. The van der Waals surface area contributed by atoms with Crippen LogP contribution in [-0.2, 0) is 0 Å². The number of benzene rings is 1. The number of thioether (sulfide) groups is 1. The average Bonchev–Trinajstić information content (AvgIpc) is 3.23. The Bertz CT molecular complexity index is 1070. The van der Waals surface area contributed by atoms with E-state index in [4.69, 9.17) is 0 Å². The van der Waals surface area contributed by atoms with E-state index in [1.54, 1.807) is 35.1 Å². The van der Waals surface area contributed by atoms with E-state index in [-0.39, 0.29) is 17.4 Å². The molecule has 11 heteroatoms. The second-order valence-electron chi connectivity index (χ2n) is 7.67. The van der Waals surface area contributed by atoms with Crippen molar-refractivity contribution in [1.82, 2.24) is 25.2 Å². The van der Waals surface area contributed by atoms with Gasteiger partial charge in [-0.1, -0.05) is 18.3 Å². The molecule has 0 radical (unpaired) electrons. The number of hydrogen-bond acceptors (Lipinski definition) is 9. The van der Waals surface area contributed by atoms with E-state index in [2.05, 4.69) is 37.8 Å². The van der Waals surface area contributed by atoms with Gasteiger partial charge in [-0.2, -0.15) is 0 Å². The summed E-state index contributed by atoms with van der Waals surface area (Å²) in [4.78, 5) is 28.5. The van der Waals surface area contributed by atoms with Crippen molar-refractivity contribution < 1.29 is 9.18 Å². The third-order valence-corrected chi connectivity index (χ3v) is 6.84. The molecule has 170 valence electrons. The highest BCUT2D eigenvalue weighted by Crippen LogP contribution is 2.29. The predicted molar refractivity (Wildman–Crippen MR) is 128 cm³/mol. The summed E-state index contributed by atoms with van der Waals surface area (Å²) in [6.45, 7) is 6.13. The van der Waals surface area contributed by atoms with Crippen LogP contribution in [0, 0.1) is 11.7 Å². The number of hydrogen-bond donors (Lipinski definition) is 3. The monoisotopic (exact) mass is 475 g/mol. The van der Waals surface area contributed by atoms with E-state index in [1.165, 1.54) is 17.4 Å². The highest BCUT2D eigenvalue weighted by molar-refractivity contribution is 7.98. The first-order valence-corrected chi connectivity index (χ1v) is 12.5. The second-order valence-corrected chi connectivity index (χ2v) is 9.58. The summed E-state index contributed by atoms with van der Waals surface area (Å²) < 4.78 is 15.4. The van der Waals surface area contributed by atoms with E-state index in [9.17, 15) is 9.18 Å². The lowest BCUT2D eigenvalue weighted by molar-refractivity contribution is 0.0731. The summed E-state index contributed by atoms with van der Waals surface area (Å²) in [7, 11) is 0. The first-order chi connectivity index (χ1) is 15.5. The normalized spacial score (nSPS) is 15.0. The van der Waals surface area contributed by atoms with Gasteiger partial charge >= 0.3 is 0 Å². The molecule has 32 heavy (non-hydrogen) atoms. The van der Waals surface area contributed by atoms with Crippen LogP contribution in [0.5, 0.6) is 0 Å². The Balaban J connectivity index is 1.35. The minimum atomic E-state index is -0.525. The quantitative estimate of drug-likeness (QED) is 0.428. The molecule has 0 spiro atoms. The zero-order valence-corrected chi connectivity index (χ0v) is 19.7. The largest absolute Gasteiger partial charge is 0.361 e.